The number of hydrogen-bond acceptors (Lipinski definition) is 4. The summed E-state index contributed by atoms with van der Waals surface area (Å²) in [6, 6.07) is 4.20. The van der Waals surface area contributed by atoms with E-state index in [4.69, 9.17) is 5.11 Å². The van der Waals surface area contributed by atoms with Crippen LogP contribution in [0, 0.1) is 0 Å². The molecule has 7 heteroatoms. The first kappa shape index (κ1) is 17.6. The smallest absolute Gasteiger partial charge is 0.303 e. The van der Waals surface area contributed by atoms with Gasteiger partial charge in [-0.1, -0.05) is 0 Å². The third-order valence-electron chi connectivity index (χ3n) is 4.49. The fourth-order valence-corrected chi connectivity index (χ4v) is 4.43. The van der Waals surface area contributed by atoms with Gasteiger partial charge in [-0.25, -0.2) is 0 Å². The number of halogens is 1. The first-order chi connectivity index (χ1) is 11.4. The van der Waals surface area contributed by atoms with Crippen molar-refractivity contribution in [2.75, 3.05) is 0 Å². The van der Waals surface area contributed by atoms with Gasteiger partial charge in [-0.3, -0.25) is 4.79 Å². The molecule has 0 unspecified atom stereocenters. The van der Waals surface area contributed by atoms with Crippen LogP contribution in [0.1, 0.15) is 68.4 Å². The number of carboxylic acid groups (broad SMARTS) is 1. The zero-order valence-electron chi connectivity index (χ0n) is 14.0. The van der Waals surface area contributed by atoms with E-state index < -0.39 is 5.97 Å². The van der Waals surface area contributed by atoms with E-state index in [0.717, 1.165) is 28.4 Å². The topological polar surface area (TPSA) is 68.0 Å². The molecule has 5 nitrogen and oxygen atoms in total. The molecule has 2 heterocycles. The molecule has 2 aromatic rings. The average molecular weight is 412 g/mol. The van der Waals surface area contributed by atoms with E-state index >= 15 is 0 Å². The van der Waals surface area contributed by atoms with Gasteiger partial charge in [0.25, 0.3) is 0 Å². The maximum absolute atomic E-state index is 10.7. The van der Waals surface area contributed by atoms with Crippen molar-refractivity contribution in [3.05, 3.63) is 32.4 Å². The Balaban J connectivity index is 1.85. The number of carboxylic acids is 1. The fraction of sp³-hybridized carbons (Fsp3) is 0.588. The molecule has 0 aromatic carbocycles. The molecule has 1 N–H and O–H groups in total. The quantitative estimate of drug-likeness (QED) is 0.646. The average Bonchev–Trinajstić information content (AvgIpc) is 3.10. The minimum absolute atomic E-state index is 0.219. The lowest BCUT2D eigenvalue weighted by Crippen LogP contribution is -2.24. The van der Waals surface area contributed by atoms with Crippen LogP contribution in [-0.4, -0.2) is 25.8 Å². The number of thiophene rings is 1. The zero-order valence-corrected chi connectivity index (χ0v) is 16.4. The molecule has 0 aliphatic heterocycles. The van der Waals surface area contributed by atoms with Crippen molar-refractivity contribution in [2.45, 2.75) is 63.8 Å². The molecule has 1 aliphatic carbocycles. The van der Waals surface area contributed by atoms with Gasteiger partial charge >= 0.3 is 5.97 Å². The zero-order chi connectivity index (χ0) is 17.3. The highest BCUT2D eigenvalue weighted by Crippen LogP contribution is 2.42. The summed E-state index contributed by atoms with van der Waals surface area (Å²) >= 11 is 5.26. The Labute approximate surface area is 154 Å². The highest BCUT2D eigenvalue weighted by molar-refractivity contribution is 9.11. The van der Waals surface area contributed by atoms with Gasteiger partial charge in [0.15, 0.2) is 0 Å². The molecule has 1 fully saturated rings. The van der Waals surface area contributed by atoms with E-state index in [2.05, 4.69) is 56.7 Å². The third-order valence-corrected chi connectivity index (χ3v) is 6.44. The predicted molar refractivity (Wildman–Crippen MR) is 97.6 cm³/mol. The van der Waals surface area contributed by atoms with Crippen LogP contribution in [0.15, 0.2) is 15.9 Å². The van der Waals surface area contributed by atoms with E-state index in [1.54, 1.807) is 11.3 Å². The number of unbranched alkanes of at least 4 members (excludes halogenated alkanes) is 1. The molecular weight excluding hydrogens is 390 g/mol. The lowest BCUT2D eigenvalue weighted by atomic mass is 9.90. The van der Waals surface area contributed by atoms with Crippen LogP contribution in [-0.2, 0) is 16.8 Å². The monoisotopic (exact) mass is 411 g/mol. The van der Waals surface area contributed by atoms with Crippen LogP contribution in [0.2, 0.25) is 0 Å². The second kappa shape index (κ2) is 6.96. The van der Waals surface area contributed by atoms with Crippen LogP contribution in [0.25, 0.3) is 0 Å². The number of rotatable bonds is 8. The summed E-state index contributed by atoms with van der Waals surface area (Å²) in [6.45, 7) is 5.15. The van der Waals surface area contributed by atoms with Gasteiger partial charge in [-0.2, -0.15) is 0 Å². The second-order valence-corrected chi connectivity index (χ2v) is 9.35. The number of aromatic nitrogens is 3. The van der Waals surface area contributed by atoms with E-state index in [9.17, 15) is 4.79 Å². The van der Waals surface area contributed by atoms with Crippen LogP contribution in [0.5, 0.6) is 0 Å². The van der Waals surface area contributed by atoms with Gasteiger partial charge in [-0.15, -0.1) is 21.5 Å². The Morgan fingerprint density at radius 1 is 1.38 bits per heavy atom. The third kappa shape index (κ3) is 3.72. The Kier molecular flexibility index (Phi) is 5.11. The predicted octanol–water partition coefficient (Wildman–Crippen LogP) is 4.56. The van der Waals surface area contributed by atoms with E-state index in [1.807, 2.05) is 0 Å². The largest absolute Gasteiger partial charge is 0.481 e. The summed E-state index contributed by atoms with van der Waals surface area (Å²) in [5.41, 5.74) is -0.219. The maximum atomic E-state index is 10.7. The minimum Gasteiger partial charge on any atom is -0.481 e. The van der Waals surface area contributed by atoms with Crippen molar-refractivity contribution in [1.82, 2.24) is 14.8 Å². The number of carbonyl (C=O) groups is 1. The molecule has 0 amide bonds. The number of aliphatic carboxylic acids is 1. The second-order valence-electron chi connectivity index (χ2n) is 6.89. The molecule has 0 atom stereocenters. The number of nitrogens with zero attached hydrogens (tertiary/aromatic N) is 3. The van der Waals surface area contributed by atoms with Gasteiger partial charge in [0, 0.05) is 23.8 Å². The van der Waals surface area contributed by atoms with Crippen molar-refractivity contribution in [2.24, 2.45) is 0 Å². The maximum Gasteiger partial charge on any atom is 0.303 e. The fourth-order valence-electron chi connectivity index (χ4n) is 2.95. The Bertz CT molecular complexity index is 734. The van der Waals surface area contributed by atoms with Crippen molar-refractivity contribution in [3.63, 3.8) is 0 Å². The summed E-state index contributed by atoms with van der Waals surface area (Å²) in [5.74, 6) is 1.85. The Morgan fingerprint density at radius 2 is 2.12 bits per heavy atom. The summed E-state index contributed by atoms with van der Waals surface area (Å²) in [7, 11) is 0. The lowest BCUT2D eigenvalue weighted by Gasteiger charge is -2.24. The van der Waals surface area contributed by atoms with Crippen LogP contribution in [0.3, 0.4) is 0 Å². The van der Waals surface area contributed by atoms with Crippen LogP contribution >= 0.6 is 27.3 Å². The summed E-state index contributed by atoms with van der Waals surface area (Å²) in [4.78, 5) is 12.0. The molecule has 0 spiro atoms. The van der Waals surface area contributed by atoms with Crippen molar-refractivity contribution >= 4 is 33.2 Å². The number of hydrogen-bond donors (Lipinski definition) is 1. The molecule has 130 valence electrons. The van der Waals surface area contributed by atoms with Crippen LogP contribution < -0.4 is 0 Å². The standard InChI is InChI=1S/C17H22BrN3O2S/c1-17(2,12-8-9-13(18)24-12)16-20-19-15(11-6-7-11)21(16)10-4-3-5-14(22)23/h8-9,11H,3-7,10H2,1-2H3,(H,22,23). The highest BCUT2D eigenvalue weighted by atomic mass is 79.9. The Morgan fingerprint density at radius 3 is 2.71 bits per heavy atom. The van der Waals surface area contributed by atoms with Gasteiger partial charge < -0.3 is 9.67 Å². The van der Waals surface area contributed by atoms with Crippen molar-refractivity contribution < 1.29 is 9.90 Å². The molecule has 3 rings (SSSR count). The molecule has 0 bridgehead atoms. The molecular formula is C17H22BrN3O2S. The minimum atomic E-state index is -0.731. The Hall–Kier alpha value is -1.21. The molecule has 0 radical (unpaired) electrons. The lowest BCUT2D eigenvalue weighted by molar-refractivity contribution is -0.137. The van der Waals surface area contributed by atoms with Gasteiger partial charge in [0.05, 0.1) is 9.20 Å². The van der Waals surface area contributed by atoms with Crippen molar-refractivity contribution in [3.8, 4) is 0 Å². The highest BCUT2D eigenvalue weighted by Gasteiger charge is 2.36. The summed E-state index contributed by atoms with van der Waals surface area (Å²) in [6.07, 6.45) is 4.09. The first-order valence-corrected chi connectivity index (χ1v) is 9.91. The molecule has 1 saturated carbocycles. The van der Waals surface area contributed by atoms with E-state index in [-0.39, 0.29) is 11.8 Å². The van der Waals surface area contributed by atoms with Crippen molar-refractivity contribution in [1.29, 1.82) is 0 Å². The molecule has 24 heavy (non-hydrogen) atoms. The first-order valence-electron chi connectivity index (χ1n) is 8.31. The summed E-state index contributed by atoms with van der Waals surface area (Å²) in [5, 5.41) is 17.8. The molecule has 0 saturated heterocycles. The van der Waals surface area contributed by atoms with Gasteiger partial charge in [-0.05, 0) is 67.6 Å². The molecule has 2 aromatic heterocycles. The van der Waals surface area contributed by atoms with Crippen LogP contribution in [0.4, 0.5) is 0 Å². The normalized spacial score (nSPS) is 15.0. The van der Waals surface area contributed by atoms with E-state index in [0.29, 0.717) is 12.3 Å². The van der Waals surface area contributed by atoms with E-state index in [1.165, 1.54) is 17.7 Å². The SMILES string of the molecule is CC(C)(c1ccc(Br)s1)c1nnc(C2CC2)n1CCCCC(=O)O. The van der Waals surface area contributed by atoms with Gasteiger partial charge in [0.2, 0.25) is 0 Å². The van der Waals surface area contributed by atoms with Gasteiger partial charge in [0.1, 0.15) is 11.6 Å². The molecule has 1 aliphatic rings. The summed E-state index contributed by atoms with van der Waals surface area (Å²) < 4.78 is 3.35.